The normalized spacial score (nSPS) is 15.5. The summed E-state index contributed by atoms with van der Waals surface area (Å²) in [6, 6.07) is 1.97. The van der Waals surface area contributed by atoms with Crippen LogP contribution in [0.15, 0.2) is 18.5 Å². The molecule has 0 bridgehead atoms. The van der Waals surface area contributed by atoms with Gasteiger partial charge in [-0.1, -0.05) is 12.8 Å². The number of aromatic nitrogens is 3. The van der Waals surface area contributed by atoms with Crippen molar-refractivity contribution in [3.05, 3.63) is 29.7 Å². The SMILES string of the molecule is Cc1cc2ncc(CCCNC(=O)CC3CCCC3)cn2n1. The van der Waals surface area contributed by atoms with Crippen molar-refractivity contribution in [2.75, 3.05) is 6.54 Å². The number of aryl methyl sites for hydroxylation is 2. The molecule has 1 aliphatic carbocycles. The molecule has 1 N–H and O–H groups in total. The molecule has 1 fully saturated rings. The highest BCUT2D eigenvalue weighted by atomic mass is 16.1. The van der Waals surface area contributed by atoms with Crippen molar-refractivity contribution in [3.63, 3.8) is 0 Å². The fourth-order valence-corrected chi connectivity index (χ4v) is 3.23. The van der Waals surface area contributed by atoms with Crippen LogP contribution in [0, 0.1) is 12.8 Å². The minimum atomic E-state index is 0.211. The summed E-state index contributed by atoms with van der Waals surface area (Å²) in [4.78, 5) is 16.2. The van der Waals surface area contributed by atoms with Gasteiger partial charge in [-0.25, -0.2) is 9.50 Å². The van der Waals surface area contributed by atoms with E-state index in [4.69, 9.17) is 0 Å². The Bertz CT molecular complexity index is 643. The second-order valence-electron chi connectivity index (χ2n) is 6.36. The third-order valence-electron chi connectivity index (χ3n) is 4.40. The molecule has 0 radical (unpaired) electrons. The smallest absolute Gasteiger partial charge is 0.220 e. The third kappa shape index (κ3) is 3.84. The molecule has 0 unspecified atom stereocenters. The quantitative estimate of drug-likeness (QED) is 0.834. The van der Waals surface area contributed by atoms with Crippen molar-refractivity contribution in [1.82, 2.24) is 19.9 Å². The number of nitrogens with one attached hydrogen (secondary N) is 1. The predicted molar refractivity (Wildman–Crippen MR) is 85.6 cm³/mol. The van der Waals surface area contributed by atoms with Crippen molar-refractivity contribution >= 4 is 11.6 Å². The molecule has 0 aliphatic heterocycles. The van der Waals surface area contributed by atoms with Gasteiger partial charge in [0.05, 0.1) is 5.69 Å². The summed E-state index contributed by atoms with van der Waals surface area (Å²) in [6.45, 7) is 2.70. The lowest BCUT2D eigenvalue weighted by Gasteiger charge is -2.09. The Balaban J connectivity index is 1.40. The maximum Gasteiger partial charge on any atom is 0.220 e. The van der Waals surface area contributed by atoms with Gasteiger partial charge in [0.1, 0.15) is 0 Å². The summed E-state index contributed by atoms with van der Waals surface area (Å²) in [6.07, 6.45) is 11.5. The van der Waals surface area contributed by atoms with Gasteiger partial charge >= 0.3 is 0 Å². The Labute approximate surface area is 131 Å². The lowest BCUT2D eigenvalue weighted by molar-refractivity contribution is -0.121. The average molecular weight is 300 g/mol. The molecule has 0 spiro atoms. The third-order valence-corrected chi connectivity index (χ3v) is 4.40. The molecular formula is C17H24N4O. The number of hydrogen-bond acceptors (Lipinski definition) is 3. The standard InChI is InChI=1S/C17H24N4O/c1-13-9-16-19-11-15(12-21(16)20-13)7-4-8-18-17(22)10-14-5-2-3-6-14/h9,11-12,14H,2-8,10H2,1H3,(H,18,22). The maximum absolute atomic E-state index is 11.9. The van der Waals surface area contributed by atoms with E-state index in [-0.39, 0.29) is 5.91 Å². The fraction of sp³-hybridized carbons (Fsp3) is 0.588. The van der Waals surface area contributed by atoms with E-state index in [1.165, 1.54) is 25.7 Å². The molecule has 5 nitrogen and oxygen atoms in total. The molecule has 3 rings (SSSR count). The van der Waals surface area contributed by atoms with Gasteiger partial charge in [-0.05, 0) is 44.1 Å². The first-order chi connectivity index (χ1) is 10.7. The van der Waals surface area contributed by atoms with Gasteiger partial charge in [-0.2, -0.15) is 5.10 Å². The minimum absolute atomic E-state index is 0.211. The van der Waals surface area contributed by atoms with Crippen molar-refractivity contribution in [2.24, 2.45) is 5.92 Å². The largest absolute Gasteiger partial charge is 0.356 e. The van der Waals surface area contributed by atoms with Crippen molar-refractivity contribution < 1.29 is 4.79 Å². The van der Waals surface area contributed by atoms with E-state index in [1.807, 2.05) is 29.9 Å². The van der Waals surface area contributed by atoms with Crippen LogP contribution in [-0.2, 0) is 11.2 Å². The van der Waals surface area contributed by atoms with Crippen LogP contribution in [0.4, 0.5) is 0 Å². The minimum Gasteiger partial charge on any atom is -0.356 e. The van der Waals surface area contributed by atoms with Crippen molar-refractivity contribution in [2.45, 2.75) is 51.9 Å². The van der Waals surface area contributed by atoms with Gasteiger partial charge in [0.15, 0.2) is 5.65 Å². The van der Waals surface area contributed by atoms with Gasteiger partial charge in [0.25, 0.3) is 0 Å². The molecule has 118 valence electrons. The Morgan fingerprint density at radius 2 is 2.23 bits per heavy atom. The van der Waals surface area contributed by atoms with Gasteiger partial charge in [0, 0.05) is 31.4 Å². The average Bonchev–Trinajstić information content (AvgIpc) is 3.11. The molecule has 0 aromatic carbocycles. The van der Waals surface area contributed by atoms with Crippen LogP contribution in [0.25, 0.3) is 5.65 Å². The number of carbonyl (C=O) groups is 1. The summed E-state index contributed by atoms with van der Waals surface area (Å²) in [7, 11) is 0. The molecule has 0 saturated heterocycles. The molecule has 2 aromatic heterocycles. The lowest BCUT2D eigenvalue weighted by Crippen LogP contribution is -2.26. The molecule has 0 atom stereocenters. The van der Waals surface area contributed by atoms with Crippen LogP contribution in [0.5, 0.6) is 0 Å². The highest BCUT2D eigenvalue weighted by Gasteiger charge is 2.17. The molecular weight excluding hydrogens is 276 g/mol. The van der Waals surface area contributed by atoms with E-state index in [0.29, 0.717) is 12.3 Å². The first kappa shape index (κ1) is 15.0. The van der Waals surface area contributed by atoms with Crippen LogP contribution in [0.3, 0.4) is 0 Å². The van der Waals surface area contributed by atoms with Crippen LogP contribution in [0.1, 0.15) is 49.8 Å². The Morgan fingerprint density at radius 1 is 1.41 bits per heavy atom. The van der Waals surface area contributed by atoms with Crippen LogP contribution in [0.2, 0.25) is 0 Å². The molecule has 2 aromatic rings. The van der Waals surface area contributed by atoms with Gasteiger partial charge in [-0.15, -0.1) is 0 Å². The number of hydrogen-bond donors (Lipinski definition) is 1. The van der Waals surface area contributed by atoms with Crippen molar-refractivity contribution in [3.8, 4) is 0 Å². The zero-order chi connectivity index (χ0) is 15.4. The molecule has 1 amide bonds. The Hall–Kier alpha value is -1.91. The van der Waals surface area contributed by atoms with Crippen LogP contribution < -0.4 is 5.32 Å². The highest BCUT2D eigenvalue weighted by molar-refractivity contribution is 5.76. The topological polar surface area (TPSA) is 59.3 Å². The second kappa shape index (κ2) is 6.90. The fourth-order valence-electron chi connectivity index (χ4n) is 3.23. The van der Waals surface area contributed by atoms with Gasteiger partial charge in [-0.3, -0.25) is 4.79 Å². The van der Waals surface area contributed by atoms with Crippen molar-refractivity contribution in [1.29, 1.82) is 0 Å². The molecule has 2 heterocycles. The van der Waals surface area contributed by atoms with E-state index in [0.717, 1.165) is 36.3 Å². The summed E-state index contributed by atoms with van der Waals surface area (Å²) >= 11 is 0. The monoisotopic (exact) mass is 300 g/mol. The zero-order valence-corrected chi connectivity index (χ0v) is 13.2. The van der Waals surface area contributed by atoms with E-state index in [9.17, 15) is 4.79 Å². The molecule has 1 aliphatic rings. The zero-order valence-electron chi connectivity index (χ0n) is 13.2. The van der Waals surface area contributed by atoms with Gasteiger partial charge in [0.2, 0.25) is 5.91 Å². The number of rotatable bonds is 6. The molecule has 22 heavy (non-hydrogen) atoms. The molecule has 5 heteroatoms. The summed E-state index contributed by atoms with van der Waals surface area (Å²) in [5.41, 5.74) is 3.01. The number of nitrogens with zero attached hydrogens (tertiary/aromatic N) is 3. The van der Waals surface area contributed by atoms with Crippen LogP contribution >= 0.6 is 0 Å². The maximum atomic E-state index is 11.9. The Morgan fingerprint density at radius 3 is 3.05 bits per heavy atom. The number of fused-ring (bicyclic) bond motifs is 1. The van der Waals surface area contributed by atoms with E-state index in [2.05, 4.69) is 15.4 Å². The number of carbonyl (C=O) groups excluding carboxylic acids is 1. The first-order valence-electron chi connectivity index (χ1n) is 8.28. The second-order valence-corrected chi connectivity index (χ2v) is 6.36. The number of amides is 1. The predicted octanol–water partition coefficient (Wildman–Crippen LogP) is 2.67. The summed E-state index contributed by atoms with van der Waals surface area (Å²) in [5.74, 6) is 0.831. The first-order valence-corrected chi connectivity index (χ1v) is 8.28. The van der Waals surface area contributed by atoms with Crippen LogP contribution in [-0.4, -0.2) is 27.0 Å². The molecule has 1 saturated carbocycles. The van der Waals surface area contributed by atoms with E-state index < -0.39 is 0 Å². The Kier molecular flexibility index (Phi) is 4.71. The highest BCUT2D eigenvalue weighted by Crippen LogP contribution is 2.27. The van der Waals surface area contributed by atoms with E-state index >= 15 is 0 Å². The summed E-state index contributed by atoms with van der Waals surface area (Å²) < 4.78 is 1.82. The van der Waals surface area contributed by atoms with E-state index in [1.54, 1.807) is 0 Å². The summed E-state index contributed by atoms with van der Waals surface area (Å²) in [5, 5.41) is 7.41. The lowest BCUT2D eigenvalue weighted by atomic mass is 10.0. The van der Waals surface area contributed by atoms with Gasteiger partial charge < -0.3 is 5.32 Å².